The standard InChI is InChI=1S/C22H28N2O4/c1-7-15-13(2)23-24-22(14-8-9-18(25-3)19(10-14)26-4)17-12-21(28-6)20(27-5)11-16(15)17/h8-13,15,23H,7H2,1-6H3. The number of hydrazone groups is 1. The summed E-state index contributed by atoms with van der Waals surface area (Å²) in [6.07, 6.45) is 0.978. The predicted octanol–water partition coefficient (Wildman–Crippen LogP) is 3.96. The molecule has 6 heteroatoms. The van der Waals surface area contributed by atoms with E-state index in [9.17, 15) is 0 Å². The Kier molecular flexibility index (Phi) is 5.97. The van der Waals surface area contributed by atoms with Gasteiger partial charge < -0.3 is 24.4 Å². The van der Waals surface area contributed by atoms with Crippen molar-refractivity contribution in [3.8, 4) is 23.0 Å². The second-order valence-electron chi connectivity index (χ2n) is 6.76. The lowest BCUT2D eigenvalue weighted by atomic mass is 9.84. The van der Waals surface area contributed by atoms with Crippen LogP contribution < -0.4 is 24.4 Å². The van der Waals surface area contributed by atoms with Gasteiger partial charge in [0.25, 0.3) is 0 Å². The van der Waals surface area contributed by atoms with Gasteiger partial charge in [0.2, 0.25) is 0 Å². The summed E-state index contributed by atoms with van der Waals surface area (Å²) < 4.78 is 22.0. The molecule has 1 aliphatic rings. The van der Waals surface area contributed by atoms with Crippen LogP contribution in [0.4, 0.5) is 0 Å². The van der Waals surface area contributed by atoms with E-state index >= 15 is 0 Å². The van der Waals surface area contributed by atoms with Crippen LogP contribution in [0.2, 0.25) is 0 Å². The maximum absolute atomic E-state index is 5.56. The third-order valence-electron chi connectivity index (χ3n) is 5.29. The van der Waals surface area contributed by atoms with Gasteiger partial charge in [-0.25, -0.2) is 0 Å². The quantitative estimate of drug-likeness (QED) is 0.817. The molecule has 0 saturated heterocycles. The number of nitrogens with zero attached hydrogens (tertiary/aromatic N) is 1. The van der Waals surface area contributed by atoms with Gasteiger partial charge in [-0.1, -0.05) is 6.92 Å². The number of rotatable bonds is 6. The molecular weight excluding hydrogens is 356 g/mol. The van der Waals surface area contributed by atoms with E-state index in [2.05, 4.69) is 25.3 Å². The van der Waals surface area contributed by atoms with Crippen LogP contribution in [0, 0.1) is 0 Å². The first-order valence-corrected chi connectivity index (χ1v) is 9.39. The zero-order valence-electron chi connectivity index (χ0n) is 17.3. The minimum Gasteiger partial charge on any atom is -0.493 e. The fourth-order valence-electron chi connectivity index (χ4n) is 3.77. The van der Waals surface area contributed by atoms with E-state index in [1.54, 1.807) is 28.4 Å². The van der Waals surface area contributed by atoms with Gasteiger partial charge in [-0.3, -0.25) is 0 Å². The van der Waals surface area contributed by atoms with E-state index < -0.39 is 0 Å². The van der Waals surface area contributed by atoms with E-state index in [0.717, 1.165) is 29.0 Å². The smallest absolute Gasteiger partial charge is 0.161 e. The Balaban J connectivity index is 2.23. The Hall–Kier alpha value is -2.89. The molecule has 0 amide bonds. The zero-order valence-corrected chi connectivity index (χ0v) is 17.3. The largest absolute Gasteiger partial charge is 0.493 e. The van der Waals surface area contributed by atoms with E-state index in [-0.39, 0.29) is 12.0 Å². The minimum absolute atomic E-state index is 0.180. The van der Waals surface area contributed by atoms with Crippen LogP contribution in [0.25, 0.3) is 0 Å². The molecule has 28 heavy (non-hydrogen) atoms. The van der Waals surface area contributed by atoms with Crippen molar-refractivity contribution >= 4 is 5.71 Å². The van der Waals surface area contributed by atoms with E-state index in [0.29, 0.717) is 17.2 Å². The number of hydrogen-bond donors (Lipinski definition) is 1. The van der Waals surface area contributed by atoms with Crippen molar-refractivity contribution in [3.05, 3.63) is 47.0 Å². The van der Waals surface area contributed by atoms with Gasteiger partial charge in [0.05, 0.1) is 34.2 Å². The Labute approximate surface area is 166 Å². The second kappa shape index (κ2) is 8.42. The molecule has 0 aliphatic carbocycles. The highest BCUT2D eigenvalue weighted by atomic mass is 16.5. The second-order valence-corrected chi connectivity index (χ2v) is 6.76. The predicted molar refractivity (Wildman–Crippen MR) is 110 cm³/mol. The summed E-state index contributed by atoms with van der Waals surface area (Å²) in [5, 5.41) is 4.75. The maximum Gasteiger partial charge on any atom is 0.161 e. The molecule has 0 aromatic heterocycles. The lowest BCUT2D eigenvalue weighted by Gasteiger charge is -2.23. The molecule has 150 valence electrons. The van der Waals surface area contributed by atoms with Crippen molar-refractivity contribution < 1.29 is 18.9 Å². The average Bonchev–Trinajstić information content (AvgIpc) is 2.87. The highest BCUT2D eigenvalue weighted by molar-refractivity contribution is 6.14. The van der Waals surface area contributed by atoms with Gasteiger partial charge in [-0.2, -0.15) is 5.10 Å². The van der Waals surface area contributed by atoms with Crippen molar-refractivity contribution in [2.45, 2.75) is 32.2 Å². The summed E-state index contributed by atoms with van der Waals surface area (Å²) in [6.45, 7) is 4.33. The Morgan fingerprint density at radius 1 is 0.857 bits per heavy atom. The molecule has 0 saturated carbocycles. The Morgan fingerprint density at radius 2 is 1.46 bits per heavy atom. The Morgan fingerprint density at radius 3 is 2.07 bits per heavy atom. The summed E-state index contributed by atoms with van der Waals surface area (Å²) in [5.74, 6) is 3.03. The minimum atomic E-state index is 0.180. The van der Waals surface area contributed by atoms with Crippen LogP contribution in [0.1, 0.15) is 42.9 Å². The molecular formula is C22H28N2O4. The van der Waals surface area contributed by atoms with Gasteiger partial charge in [0.1, 0.15) is 0 Å². The van der Waals surface area contributed by atoms with Gasteiger partial charge in [0, 0.05) is 23.1 Å². The number of fused-ring (bicyclic) bond motifs is 1. The topological polar surface area (TPSA) is 61.3 Å². The van der Waals surface area contributed by atoms with Crippen LogP contribution in [-0.2, 0) is 0 Å². The SMILES string of the molecule is CCC1c2cc(OC)c(OC)cc2C(c2ccc(OC)c(OC)c2)=NNC1C. The molecule has 0 fully saturated rings. The lowest BCUT2D eigenvalue weighted by molar-refractivity contribution is 0.353. The number of nitrogens with one attached hydrogen (secondary N) is 1. The van der Waals surface area contributed by atoms with E-state index in [1.165, 1.54) is 5.56 Å². The molecule has 1 heterocycles. The van der Waals surface area contributed by atoms with Crippen LogP contribution in [0.3, 0.4) is 0 Å². The fourth-order valence-corrected chi connectivity index (χ4v) is 3.77. The van der Waals surface area contributed by atoms with E-state index in [1.807, 2.05) is 24.3 Å². The molecule has 0 radical (unpaired) electrons. The summed E-state index contributed by atoms with van der Waals surface area (Å²) in [7, 11) is 6.56. The van der Waals surface area contributed by atoms with Gasteiger partial charge in [-0.15, -0.1) is 0 Å². The molecule has 1 N–H and O–H groups in total. The number of benzene rings is 2. The monoisotopic (exact) mass is 384 g/mol. The summed E-state index contributed by atoms with van der Waals surface area (Å²) in [5.41, 5.74) is 7.29. The first-order valence-electron chi connectivity index (χ1n) is 9.39. The fraction of sp³-hybridized carbons (Fsp3) is 0.409. The summed E-state index contributed by atoms with van der Waals surface area (Å²) in [4.78, 5) is 0. The van der Waals surface area contributed by atoms with Crippen LogP contribution >= 0.6 is 0 Å². The first kappa shape index (κ1) is 19.9. The lowest BCUT2D eigenvalue weighted by Crippen LogP contribution is -2.26. The first-order chi connectivity index (χ1) is 13.6. The highest BCUT2D eigenvalue weighted by Gasteiger charge is 2.28. The van der Waals surface area contributed by atoms with Crippen molar-refractivity contribution in [3.63, 3.8) is 0 Å². The number of ether oxygens (including phenoxy) is 4. The van der Waals surface area contributed by atoms with Crippen molar-refractivity contribution in [1.29, 1.82) is 0 Å². The van der Waals surface area contributed by atoms with Gasteiger partial charge >= 0.3 is 0 Å². The molecule has 6 nitrogen and oxygen atoms in total. The molecule has 3 rings (SSSR count). The normalized spacial score (nSPS) is 18.3. The third-order valence-corrected chi connectivity index (χ3v) is 5.29. The molecule has 2 unspecified atom stereocenters. The molecule has 2 atom stereocenters. The molecule has 0 bridgehead atoms. The van der Waals surface area contributed by atoms with Crippen molar-refractivity contribution in [1.82, 2.24) is 5.43 Å². The van der Waals surface area contributed by atoms with Crippen molar-refractivity contribution in [2.75, 3.05) is 28.4 Å². The Bertz CT molecular complexity index is 879. The molecule has 0 spiro atoms. The van der Waals surface area contributed by atoms with Crippen molar-refractivity contribution in [2.24, 2.45) is 5.10 Å². The van der Waals surface area contributed by atoms with Crippen LogP contribution in [-0.4, -0.2) is 40.2 Å². The van der Waals surface area contributed by atoms with Crippen LogP contribution in [0.5, 0.6) is 23.0 Å². The van der Waals surface area contributed by atoms with Gasteiger partial charge in [0.15, 0.2) is 23.0 Å². The number of hydrogen-bond acceptors (Lipinski definition) is 6. The average molecular weight is 384 g/mol. The maximum atomic E-state index is 5.56. The summed E-state index contributed by atoms with van der Waals surface area (Å²) >= 11 is 0. The molecule has 2 aromatic rings. The van der Waals surface area contributed by atoms with Crippen LogP contribution in [0.15, 0.2) is 35.4 Å². The third kappa shape index (κ3) is 3.46. The number of methoxy groups -OCH3 is 4. The highest BCUT2D eigenvalue weighted by Crippen LogP contribution is 2.39. The molecule has 2 aromatic carbocycles. The molecule has 1 aliphatic heterocycles. The summed E-state index contributed by atoms with van der Waals surface area (Å²) in [6, 6.07) is 10.1. The van der Waals surface area contributed by atoms with Gasteiger partial charge in [-0.05, 0) is 49.2 Å². The van der Waals surface area contributed by atoms with E-state index in [4.69, 9.17) is 24.0 Å². The zero-order chi connectivity index (χ0) is 20.3.